The van der Waals surface area contributed by atoms with Gasteiger partial charge in [-0.3, -0.25) is 0 Å². The molecule has 32 heavy (non-hydrogen) atoms. The molecule has 0 radical (unpaired) electrons. The summed E-state index contributed by atoms with van der Waals surface area (Å²) < 4.78 is 23.5. The molecule has 1 aliphatic heterocycles. The fourth-order valence-electron chi connectivity index (χ4n) is 4.03. The summed E-state index contributed by atoms with van der Waals surface area (Å²) in [6, 6.07) is 19.8. The van der Waals surface area contributed by atoms with Crippen LogP contribution < -0.4 is 9.64 Å². The number of benzene rings is 2. The van der Waals surface area contributed by atoms with Crippen LogP contribution >= 0.6 is 0 Å². The summed E-state index contributed by atoms with van der Waals surface area (Å²) >= 11 is 0. The molecule has 1 aliphatic rings. The van der Waals surface area contributed by atoms with Crippen LogP contribution in [0.4, 0.5) is 5.88 Å². The zero-order chi connectivity index (χ0) is 22.1. The van der Waals surface area contributed by atoms with Crippen molar-refractivity contribution in [3.05, 3.63) is 66.1 Å². The van der Waals surface area contributed by atoms with Crippen molar-refractivity contribution >= 4 is 16.7 Å². The van der Waals surface area contributed by atoms with E-state index in [9.17, 15) is 5.26 Å². The molecule has 0 saturated carbocycles. The second-order valence-corrected chi connectivity index (χ2v) is 8.01. The Hall–Kier alpha value is -3.76. The topological polar surface area (TPSA) is 84.7 Å². The number of rotatable bonds is 5. The van der Waals surface area contributed by atoms with E-state index in [0.29, 0.717) is 30.5 Å². The third kappa shape index (κ3) is 4.05. The lowest BCUT2D eigenvalue weighted by atomic mass is 10.1. The highest BCUT2D eigenvalue weighted by molar-refractivity contribution is 5.83. The first-order chi connectivity index (χ1) is 15.6. The van der Waals surface area contributed by atoms with Gasteiger partial charge in [0.15, 0.2) is 5.76 Å². The Bertz CT molecular complexity index is 1280. The quantitative estimate of drug-likeness (QED) is 0.434. The smallest absolute Gasteiger partial charge is 0.266 e. The summed E-state index contributed by atoms with van der Waals surface area (Å²) in [7, 11) is 0. The molecular weight excluding hydrogens is 406 g/mol. The Balaban J connectivity index is 1.32. The second-order valence-electron chi connectivity index (χ2n) is 8.01. The van der Waals surface area contributed by atoms with Gasteiger partial charge in [-0.2, -0.15) is 10.2 Å². The summed E-state index contributed by atoms with van der Waals surface area (Å²) in [4.78, 5) is 6.35. The maximum absolute atomic E-state index is 9.55. The predicted molar refractivity (Wildman–Crippen MR) is 119 cm³/mol. The van der Waals surface area contributed by atoms with Gasteiger partial charge in [-0.15, -0.1) is 0 Å². The molecular formula is C25H23N3O4. The molecule has 0 bridgehead atoms. The molecule has 0 unspecified atom stereocenters. The number of anilines is 1. The minimum Gasteiger partial charge on any atom is -0.486 e. The van der Waals surface area contributed by atoms with Gasteiger partial charge in [0, 0.05) is 13.1 Å². The fraction of sp³-hybridized carbons (Fsp3) is 0.280. The van der Waals surface area contributed by atoms with Crippen molar-refractivity contribution < 1.29 is 18.3 Å². The minimum absolute atomic E-state index is 0.0429. The molecule has 2 aromatic heterocycles. The van der Waals surface area contributed by atoms with E-state index in [1.54, 1.807) is 6.07 Å². The first-order valence-electron chi connectivity index (χ1n) is 10.6. The van der Waals surface area contributed by atoms with E-state index in [1.807, 2.05) is 55.1 Å². The van der Waals surface area contributed by atoms with Gasteiger partial charge in [0.1, 0.15) is 24.2 Å². The van der Waals surface area contributed by atoms with Gasteiger partial charge < -0.3 is 23.2 Å². The average Bonchev–Trinajstić information content (AvgIpc) is 3.44. The zero-order valence-electron chi connectivity index (χ0n) is 17.9. The maximum Gasteiger partial charge on any atom is 0.266 e. The molecule has 4 aromatic rings. The van der Waals surface area contributed by atoms with Gasteiger partial charge in [-0.25, -0.2) is 0 Å². The number of hydrogen-bond donors (Lipinski definition) is 0. The van der Waals surface area contributed by atoms with Crippen LogP contribution in [-0.4, -0.2) is 30.3 Å². The van der Waals surface area contributed by atoms with Gasteiger partial charge in [0.2, 0.25) is 11.6 Å². The average molecular weight is 429 g/mol. The number of furan rings is 1. The van der Waals surface area contributed by atoms with Crippen molar-refractivity contribution in [2.24, 2.45) is 0 Å². The zero-order valence-corrected chi connectivity index (χ0v) is 17.9. The Labute approximate surface area is 185 Å². The van der Waals surface area contributed by atoms with Crippen LogP contribution in [-0.2, 0) is 11.3 Å². The summed E-state index contributed by atoms with van der Waals surface area (Å²) in [6.45, 7) is 5.55. The van der Waals surface area contributed by atoms with Crippen LogP contribution in [0.1, 0.15) is 25.3 Å². The Kier molecular flexibility index (Phi) is 5.29. The van der Waals surface area contributed by atoms with E-state index in [-0.39, 0.29) is 30.4 Å². The molecule has 7 heteroatoms. The predicted octanol–water partition coefficient (Wildman–Crippen LogP) is 5.15. The Morgan fingerprint density at radius 1 is 1.03 bits per heavy atom. The number of morpholine rings is 1. The SMILES string of the molecule is C[C@H]1CN(c2oc(-c3ccc(COc4ccc5ccccc5c4)o3)nc2C#N)C[C@H](C)O1. The Morgan fingerprint density at radius 2 is 1.81 bits per heavy atom. The molecule has 0 amide bonds. The number of ether oxygens (including phenoxy) is 2. The van der Waals surface area contributed by atoms with Crippen molar-refractivity contribution in [3.8, 4) is 23.5 Å². The first kappa shape index (κ1) is 20.2. The van der Waals surface area contributed by atoms with Gasteiger partial charge >= 0.3 is 0 Å². The van der Waals surface area contributed by atoms with Crippen molar-refractivity contribution in [2.45, 2.75) is 32.7 Å². The lowest BCUT2D eigenvalue weighted by Gasteiger charge is -2.34. The lowest BCUT2D eigenvalue weighted by Crippen LogP contribution is -2.45. The molecule has 162 valence electrons. The molecule has 0 spiro atoms. The Morgan fingerprint density at radius 3 is 2.59 bits per heavy atom. The highest BCUT2D eigenvalue weighted by Crippen LogP contribution is 2.31. The number of fused-ring (bicyclic) bond motifs is 1. The van der Waals surface area contributed by atoms with E-state index in [0.717, 1.165) is 16.5 Å². The molecule has 0 N–H and O–H groups in total. The molecule has 0 aliphatic carbocycles. The van der Waals surface area contributed by atoms with Crippen molar-refractivity contribution in [1.29, 1.82) is 5.26 Å². The van der Waals surface area contributed by atoms with Crippen molar-refractivity contribution in [3.63, 3.8) is 0 Å². The van der Waals surface area contributed by atoms with Crippen LogP contribution in [0.5, 0.6) is 5.75 Å². The summed E-state index contributed by atoms with van der Waals surface area (Å²) in [6.07, 6.45) is 0.0858. The molecule has 2 aromatic carbocycles. The summed E-state index contributed by atoms with van der Waals surface area (Å²) in [5.41, 5.74) is 0.242. The monoisotopic (exact) mass is 429 g/mol. The van der Waals surface area contributed by atoms with E-state index in [4.69, 9.17) is 18.3 Å². The molecule has 7 nitrogen and oxygen atoms in total. The van der Waals surface area contributed by atoms with Crippen LogP contribution in [0.3, 0.4) is 0 Å². The van der Waals surface area contributed by atoms with Crippen LogP contribution in [0.2, 0.25) is 0 Å². The lowest BCUT2D eigenvalue weighted by molar-refractivity contribution is -0.00639. The third-order valence-electron chi connectivity index (χ3n) is 5.40. The number of oxazole rings is 1. The van der Waals surface area contributed by atoms with Crippen molar-refractivity contribution in [2.75, 3.05) is 18.0 Å². The van der Waals surface area contributed by atoms with E-state index < -0.39 is 0 Å². The normalized spacial score (nSPS) is 18.6. The van der Waals surface area contributed by atoms with Gasteiger partial charge in [0.25, 0.3) is 5.89 Å². The molecule has 3 heterocycles. The van der Waals surface area contributed by atoms with Gasteiger partial charge in [-0.05, 0) is 48.9 Å². The van der Waals surface area contributed by atoms with Crippen molar-refractivity contribution in [1.82, 2.24) is 4.98 Å². The molecule has 5 rings (SSSR count). The number of nitriles is 1. The number of hydrogen-bond acceptors (Lipinski definition) is 7. The van der Waals surface area contributed by atoms with E-state index >= 15 is 0 Å². The standard InChI is InChI=1S/C25H23N3O4/c1-16-13-28(14-17(2)30-16)25-22(12-26)27-24(32-25)23-10-9-21(31-23)15-29-20-8-7-18-5-3-4-6-19(18)11-20/h3-11,16-17H,13-15H2,1-2H3/t16-,17-/m0/s1. The fourth-order valence-corrected chi connectivity index (χ4v) is 4.03. The summed E-state index contributed by atoms with van der Waals surface area (Å²) in [5, 5.41) is 11.8. The number of nitrogens with zero attached hydrogens (tertiary/aromatic N) is 3. The third-order valence-corrected chi connectivity index (χ3v) is 5.40. The molecule has 1 saturated heterocycles. The highest BCUT2D eigenvalue weighted by Gasteiger charge is 2.28. The van der Waals surface area contributed by atoms with Crippen LogP contribution in [0.15, 0.2) is 63.4 Å². The first-order valence-corrected chi connectivity index (χ1v) is 10.6. The van der Waals surface area contributed by atoms with E-state index in [1.165, 1.54) is 0 Å². The molecule has 2 atom stereocenters. The molecule has 1 fully saturated rings. The van der Waals surface area contributed by atoms with Gasteiger partial charge in [-0.1, -0.05) is 30.3 Å². The van der Waals surface area contributed by atoms with Crippen LogP contribution in [0.25, 0.3) is 22.4 Å². The van der Waals surface area contributed by atoms with Crippen LogP contribution in [0, 0.1) is 11.3 Å². The summed E-state index contributed by atoms with van der Waals surface area (Å²) in [5.74, 6) is 2.59. The largest absolute Gasteiger partial charge is 0.486 e. The highest BCUT2D eigenvalue weighted by atomic mass is 16.5. The van der Waals surface area contributed by atoms with Gasteiger partial charge in [0.05, 0.1) is 12.2 Å². The second kappa shape index (κ2) is 8.40. The number of aromatic nitrogens is 1. The minimum atomic E-state index is 0.0429. The van der Waals surface area contributed by atoms with E-state index in [2.05, 4.69) is 23.2 Å². The maximum atomic E-state index is 9.55.